The average Bonchev–Trinajstić information content (AvgIpc) is 3.25. The smallest absolute Gasteiger partial charge is 0.258 e. The van der Waals surface area contributed by atoms with Crippen LogP contribution in [0.2, 0.25) is 10.0 Å². The van der Waals surface area contributed by atoms with Gasteiger partial charge in [0.1, 0.15) is 6.04 Å². The van der Waals surface area contributed by atoms with E-state index in [4.69, 9.17) is 23.2 Å². The molecule has 0 bridgehead atoms. The summed E-state index contributed by atoms with van der Waals surface area (Å²) in [6, 6.07) is 25.6. The van der Waals surface area contributed by atoms with Gasteiger partial charge < -0.3 is 15.1 Å². The summed E-state index contributed by atoms with van der Waals surface area (Å²) in [6.45, 7) is 2.74. The van der Waals surface area contributed by atoms with Gasteiger partial charge in [-0.3, -0.25) is 14.4 Å². The number of hydrogen-bond donors (Lipinski definition) is 1. The lowest BCUT2D eigenvalue weighted by atomic mass is 10.0. The number of hydrogen-bond acceptors (Lipinski definition) is 3. The zero-order valence-corrected chi connectivity index (χ0v) is 24.3. The number of carbonyl (C=O) groups is 3. The van der Waals surface area contributed by atoms with Gasteiger partial charge in [0, 0.05) is 59.0 Å². The first-order chi connectivity index (χ1) is 19.9. The Labute approximate surface area is 249 Å². The largest absolute Gasteiger partial charge is 0.355 e. The van der Waals surface area contributed by atoms with Crippen molar-refractivity contribution in [2.75, 3.05) is 18.0 Å². The third-order valence-electron chi connectivity index (χ3n) is 7.43. The molecule has 41 heavy (non-hydrogen) atoms. The first-order valence-corrected chi connectivity index (χ1v) is 14.5. The predicted molar refractivity (Wildman–Crippen MR) is 164 cm³/mol. The van der Waals surface area contributed by atoms with Crippen LogP contribution in [0.25, 0.3) is 10.8 Å². The number of carbonyl (C=O) groups excluding carboxylic acids is 3. The van der Waals surface area contributed by atoms with Crippen LogP contribution in [0.1, 0.15) is 41.3 Å². The highest BCUT2D eigenvalue weighted by molar-refractivity contribution is 6.36. The van der Waals surface area contributed by atoms with Gasteiger partial charge in [-0.25, -0.2) is 0 Å². The lowest BCUT2D eigenvalue weighted by Gasteiger charge is -2.32. The normalized spacial score (nSPS) is 13.0. The van der Waals surface area contributed by atoms with Crippen molar-refractivity contribution < 1.29 is 14.4 Å². The summed E-state index contributed by atoms with van der Waals surface area (Å²) in [4.78, 5) is 43.9. The van der Waals surface area contributed by atoms with Gasteiger partial charge in [0.2, 0.25) is 11.8 Å². The second kappa shape index (κ2) is 12.8. The zero-order chi connectivity index (χ0) is 28.9. The summed E-state index contributed by atoms with van der Waals surface area (Å²) in [7, 11) is 0. The number of benzene rings is 4. The second-order valence-electron chi connectivity index (χ2n) is 10.1. The van der Waals surface area contributed by atoms with Gasteiger partial charge in [-0.2, -0.15) is 0 Å². The number of nitrogens with one attached hydrogen (secondary N) is 1. The van der Waals surface area contributed by atoms with Crippen LogP contribution in [0.5, 0.6) is 0 Å². The summed E-state index contributed by atoms with van der Waals surface area (Å²) >= 11 is 13.0. The standard InChI is InChI=1S/C33H31Cl2N3O3/c1-2-36-32(40)29(20-22-10-4-3-5-11-22)38(21-25-26(34)15-8-16-27(25)35)30(39)18-9-19-37-28-17-7-13-23-12-6-14-24(31(23)28)33(37)41/h3-8,10-17,29H,2,9,18-21H2,1H3,(H,36,40). The van der Waals surface area contributed by atoms with Crippen LogP contribution in [-0.2, 0) is 22.6 Å². The maximum Gasteiger partial charge on any atom is 0.258 e. The van der Waals surface area contributed by atoms with Crippen molar-refractivity contribution in [3.63, 3.8) is 0 Å². The minimum Gasteiger partial charge on any atom is -0.355 e. The molecule has 0 saturated carbocycles. The number of nitrogens with zero attached hydrogens (tertiary/aromatic N) is 2. The number of amides is 3. The molecule has 6 nitrogen and oxygen atoms in total. The molecule has 5 rings (SSSR count). The lowest BCUT2D eigenvalue weighted by molar-refractivity contribution is -0.141. The maximum absolute atomic E-state index is 13.9. The van der Waals surface area contributed by atoms with E-state index in [2.05, 4.69) is 5.32 Å². The molecule has 0 radical (unpaired) electrons. The molecular weight excluding hydrogens is 557 g/mol. The molecule has 8 heteroatoms. The molecule has 0 fully saturated rings. The summed E-state index contributed by atoms with van der Waals surface area (Å²) in [5.41, 5.74) is 3.06. The fourth-order valence-electron chi connectivity index (χ4n) is 5.43. The Morgan fingerprint density at radius 3 is 2.29 bits per heavy atom. The van der Waals surface area contributed by atoms with Crippen LogP contribution in [0, 0.1) is 0 Å². The molecule has 210 valence electrons. The SMILES string of the molecule is CCNC(=O)C(Cc1ccccc1)N(Cc1c(Cl)cccc1Cl)C(=O)CCCN1C(=O)c2cccc3cccc1c23. The summed E-state index contributed by atoms with van der Waals surface area (Å²) < 4.78 is 0. The van der Waals surface area contributed by atoms with E-state index in [9.17, 15) is 14.4 Å². The van der Waals surface area contributed by atoms with Crippen LogP contribution in [-0.4, -0.2) is 41.8 Å². The van der Waals surface area contributed by atoms with Gasteiger partial charge in [0.15, 0.2) is 0 Å². The molecule has 0 saturated heterocycles. The number of halogens is 2. The minimum absolute atomic E-state index is 0.0618. The van der Waals surface area contributed by atoms with Crippen molar-refractivity contribution in [3.8, 4) is 0 Å². The van der Waals surface area contributed by atoms with Gasteiger partial charge >= 0.3 is 0 Å². The van der Waals surface area contributed by atoms with Crippen LogP contribution in [0.3, 0.4) is 0 Å². The predicted octanol–water partition coefficient (Wildman–Crippen LogP) is 6.66. The lowest BCUT2D eigenvalue weighted by Crippen LogP contribution is -2.50. The van der Waals surface area contributed by atoms with E-state index in [0.29, 0.717) is 47.1 Å². The monoisotopic (exact) mass is 587 g/mol. The molecular formula is C33H31Cl2N3O3. The third-order valence-corrected chi connectivity index (χ3v) is 8.14. The van der Waals surface area contributed by atoms with Crippen LogP contribution in [0.15, 0.2) is 84.9 Å². The fraction of sp³-hybridized carbons (Fsp3) is 0.242. The summed E-state index contributed by atoms with van der Waals surface area (Å²) in [5, 5.41) is 5.71. The topological polar surface area (TPSA) is 69.7 Å². The van der Waals surface area contributed by atoms with Crippen molar-refractivity contribution in [1.82, 2.24) is 10.2 Å². The number of rotatable bonds is 11. The third kappa shape index (κ3) is 6.09. The second-order valence-corrected chi connectivity index (χ2v) is 10.9. The van der Waals surface area contributed by atoms with Crippen molar-refractivity contribution in [1.29, 1.82) is 0 Å². The quantitative estimate of drug-likeness (QED) is 0.213. The van der Waals surface area contributed by atoms with Crippen molar-refractivity contribution >= 4 is 57.4 Å². The zero-order valence-electron chi connectivity index (χ0n) is 22.8. The van der Waals surface area contributed by atoms with E-state index in [1.165, 1.54) is 0 Å². The molecule has 4 aromatic carbocycles. The van der Waals surface area contributed by atoms with E-state index < -0.39 is 6.04 Å². The molecule has 1 atom stereocenters. The van der Waals surface area contributed by atoms with Crippen molar-refractivity contribution in [3.05, 3.63) is 112 Å². The van der Waals surface area contributed by atoms with E-state index in [0.717, 1.165) is 22.0 Å². The molecule has 1 heterocycles. The Kier molecular flexibility index (Phi) is 8.91. The molecule has 1 aliphatic heterocycles. The first-order valence-electron chi connectivity index (χ1n) is 13.8. The van der Waals surface area contributed by atoms with E-state index in [-0.39, 0.29) is 30.7 Å². The Bertz CT molecular complexity index is 1570. The van der Waals surface area contributed by atoms with E-state index in [1.54, 1.807) is 28.0 Å². The molecule has 1 unspecified atom stereocenters. The molecule has 0 spiro atoms. The molecule has 0 aliphatic carbocycles. The molecule has 0 aromatic heterocycles. The van der Waals surface area contributed by atoms with Crippen molar-refractivity contribution in [2.45, 2.75) is 38.8 Å². The Balaban J connectivity index is 1.39. The highest BCUT2D eigenvalue weighted by Gasteiger charge is 2.32. The average molecular weight is 589 g/mol. The number of anilines is 1. The van der Waals surface area contributed by atoms with E-state index in [1.807, 2.05) is 73.7 Å². The summed E-state index contributed by atoms with van der Waals surface area (Å²) in [6.07, 6.45) is 0.903. The molecule has 3 amide bonds. The first kappa shape index (κ1) is 28.7. The highest BCUT2D eigenvalue weighted by atomic mass is 35.5. The van der Waals surface area contributed by atoms with Crippen LogP contribution >= 0.6 is 23.2 Å². The van der Waals surface area contributed by atoms with Gasteiger partial charge in [-0.1, -0.05) is 83.9 Å². The summed E-state index contributed by atoms with van der Waals surface area (Å²) in [5.74, 6) is -0.520. The van der Waals surface area contributed by atoms with E-state index >= 15 is 0 Å². The molecule has 1 N–H and O–H groups in total. The van der Waals surface area contributed by atoms with Crippen LogP contribution < -0.4 is 10.2 Å². The maximum atomic E-state index is 13.9. The minimum atomic E-state index is -0.774. The van der Waals surface area contributed by atoms with Crippen LogP contribution in [0.4, 0.5) is 5.69 Å². The Hall–Kier alpha value is -3.87. The van der Waals surface area contributed by atoms with Gasteiger partial charge in [0.25, 0.3) is 5.91 Å². The Morgan fingerprint density at radius 1 is 0.902 bits per heavy atom. The molecule has 1 aliphatic rings. The highest BCUT2D eigenvalue weighted by Crippen LogP contribution is 2.37. The van der Waals surface area contributed by atoms with Gasteiger partial charge in [-0.05, 0) is 48.6 Å². The number of likely N-dealkylation sites (N-methyl/N-ethyl adjacent to an activating group) is 1. The van der Waals surface area contributed by atoms with Gasteiger partial charge in [0.05, 0.1) is 5.69 Å². The fourth-order valence-corrected chi connectivity index (χ4v) is 5.95. The van der Waals surface area contributed by atoms with Gasteiger partial charge in [-0.15, -0.1) is 0 Å². The molecule has 4 aromatic rings. The van der Waals surface area contributed by atoms with Crippen molar-refractivity contribution in [2.24, 2.45) is 0 Å². The Morgan fingerprint density at radius 2 is 1.59 bits per heavy atom.